The summed E-state index contributed by atoms with van der Waals surface area (Å²) in [6.07, 6.45) is -12.7. The number of carbonyl (C=O) groups is 2. The van der Waals surface area contributed by atoms with Crippen LogP contribution in [-0.4, -0.2) is 24.2 Å². The van der Waals surface area contributed by atoms with Crippen LogP contribution in [0.2, 0.25) is 0 Å². The molecule has 0 atom stereocenters. The monoisotopic (exact) mass is 683 g/mol. The fourth-order valence-electron chi connectivity index (χ4n) is 3.29. The predicted octanol–water partition coefficient (Wildman–Crippen LogP) is 8.02. The number of alkyl halides is 7. The van der Waals surface area contributed by atoms with Gasteiger partial charge in [0.1, 0.15) is 0 Å². The van der Waals surface area contributed by atoms with E-state index in [1.165, 1.54) is 30.3 Å². The Hall–Kier alpha value is -3.51. The molecule has 3 aromatic rings. The lowest BCUT2D eigenvalue weighted by Crippen LogP contribution is -2.50. The van der Waals surface area contributed by atoms with E-state index in [4.69, 9.17) is 5.26 Å². The van der Waals surface area contributed by atoms with E-state index in [-0.39, 0.29) is 23.3 Å². The molecule has 0 spiro atoms. The third-order valence-electron chi connectivity index (χ3n) is 5.21. The number of rotatable bonds is 5. The first kappa shape index (κ1) is 30.0. The number of halogens is 10. The van der Waals surface area contributed by atoms with Crippen molar-refractivity contribution in [1.82, 2.24) is 0 Å². The Morgan fingerprint density at radius 3 is 1.90 bits per heavy atom. The molecule has 0 saturated heterocycles. The highest BCUT2D eigenvalue weighted by atomic mass is 79.9. The van der Waals surface area contributed by atoms with Gasteiger partial charge in [-0.3, -0.25) is 9.59 Å². The number of anilines is 2. The summed E-state index contributed by atoms with van der Waals surface area (Å²) in [5.74, 6) is -3.24. The van der Waals surface area contributed by atoms with Gasteiger partial charge in [-0.2, -0.15) is 31.6 Å². The van der Waals surface area contributed by atoms with Gasteiger partial charge in [0, 0.05) is 20.1 Å². The molecule has 204 valence electrons. The van der Waals surface area contributed by atoms with Gasteiger partial charge in [-0.15, -0.1) is 0 Å². The van der Waals surface area contributed by atoms with Crippen LogP contribution in [-0.2, 0) is 5.67 Å². The van der Waals surface area contributed by atoms with Crippen LogP contribution in [0.25, 0.3) is 0 Å². The number of benzene rings is 3. The van der Waals surface area contributed by atoms with Gasteiger partial charge >= 0.3 is 18.0 Å². The molecule has 0 bridgehead atoms. The molecule has 15 heteroatoms. The van der Waals surface area contributed by atoms with Gasteiger partial charge in [-0.1, -0.05) is 12.1 Å². The zero-order chi connectivity index (χ0) is 29.3. The van der Waals surface area contributed by atoms with Crippen molar-refractivity contribution in [3.05, 3.63) is 91.6 Å². The van der Waals surface area contributed by atoms with Crippen molar-refractivity contribution < 1.29 is 44.7 Å². The second-order valence-electron chi connectivity index (χ2n) is 7.74. The third kappa shape index (κ3) is 5.91. The van der Waals surface area contributed by atoms with Crippen molar-refractivity contribution in [3.63, 3.8) is 0 Å². The van der Waals surface area contributed by atoms with Gasteiger partial charge in [0.05, 0.1) is 28.6 Å². The Labute approximate surface area is 231 Å². The molecule has 0 aliphatic rings. The number of nitriles is 1. The second kappa shape index (κ2) is 10.9. The molecular weight excluding hydrogens is 674 g/mol. The number of hydrogen-bond donors (Lipinski definition) is 2. The molecule has 3 aromatic carbocycles. The van der Waals surface area contributed by atoms with Crippen molar-refractivity contribution in [2.75, 3.05) is 10.6 Å². The molecule has 0 fully saturated rings. The summed E-state index contributed by atoms with van der Waals surface area (Å²) >= 11 is 5.42. The number of amides is 2. The minimum atomic E-state index is -6.36. The lowest BCUT2D eigenvalue weighted by atomic mass is 9.94. The minimum Gasteiger partial charge on any atom is -0.320 e. The third-order valence-corrected chi connectivity index (χ3v) is 6.46. The Bertz CT molecular complexity index is 1460. The van der Waals surface area contributed by atoms with Crippen LogP contribution >= 0.6 is 31.9 Å². The zero-order valence-electron chi connectivity index (χ0n) is 18.7. The Morgan fingerprint density at radius 1 is 0.795 bits per heavy atom. The topological polar surface area (TPSA) is 82.0 Å². The summed E-state index contributed by atoms with van der Waals surface area (Å²) in [4.78, 5) is 25.2. The van der Waals surface area contributed by atoms with Gasteiger partial charge in [0.25, 0.3) is 11.8 Å². The maximum absolute atomic E-state index is 15.1. The average molecular weight is 685 g/mol. The second-order valence-corrected chi connectivity index (χ2v) is 9.45. The van der Waals surface area contributed by atoms with Crippen molar-refractivity contribution in [3.8, 4) is 6.07 Å². The van der Waals surface area contributed by atoms with Crippen LogP contribution in [0.15, 0.2) is 63.5 Å². The number of hydrogen-bond acceptors (Lipinski definition) is 3. The lowest BCUT2D eigenvalue weighted by Gasteiger charge is -2.31. The molecule has 0 aromatic heterocycles. The van der Waals surface area contributed by atoms with Gasteiger partial charge in [-0.05, 0) is 74.3 Å². The first-order valence-electron chi connectivity index (χ1n) is 10.2. The van der Waals surface area contributed by atoms with E-state index >= 15 is 4.39 Å². The summed E-state index contributed by atoms with van der Waals surface area (Å²) in [5, 5.41) is 13.3. The van der Waals surface area contributed by atoms with E-state index in [0.29, 0.717) is 0 Å². The molecule has 0 radical (unpaired) electrons. The zero-order valence-corrected chi connectivity index (χ0v) is 21.9. The van der Waals surface area contributed by atoms with Gasteiger partial charge in [0.2, 0.25) is 0 Å². The van der Waals surface area contributed by atoms with Crippen molar-refractivity contribution >= 4 is 55.0 Å². The highest BCUT2D eigenvalue weighted by Gasteiger charge is 2.73. The molecule has 0 heterocycles. The number of nitrogens with zero attached hydrogens (tertiary/aromatic N) is 1. The van der Waals surface area contributed by atoms with Crippen LogP contribution in [0.1, 0.15) is 31.8 Å². The quantitative estimate of drug-likeness (QED) is 0.267. The summed E-state index contributed by atoms with van der Waals surface area (Å²) in [6.45, 7) is 0. The van der Waals surface area contributed by atoms with E-state index in [1.54, 1.807) is 0 Å². The maximum atomic E-state index is 15.1. The molecule has 3 rings (SSSR count). The highest BCUT2D eigenvalue weighted by Crippen LogP contribution is 2.54. The van der Waals surface area contributed by atoms with Gasteiger partial charge < -0.3 is 10.6 Å². The molecule has 39 heavy (non-hydrogen) atoms. The Balaban J connectivity index is 1.92. The summed E-state index contributed by atoms with van der Waals surface area (Å²) in [7, 11) is 0. The molecule has 0 saturated carbocycles. The van der Waals surface area contributed by atoms with E-state index in [0.717, 1.165) is 12.1 Å². The summed E-state index contributed by atoms with van der Waals surface area (Å²) in [5.41, 5.74) is -8.91. The average Bonchev–Trinajstić information content (AvgIpc) is 2.85. The van der Waals surface area contributed by atoms with E-state index in [2.05, 4.69) is 42.5 Å². The summed E-state index contributed by atoms with van der Waals surface area (Å²) in [6, 6.07) is 11.0. The van der Waals surface area contributed by atoms with Crippen LogP contribution in [0.4, 0.5) is 46.5 Å². The number of carbonyl (C=O) groups excluding carboxylic acids is 2. The predicted molar refractivity (Wildman–Crippen MR) is 130 cm³/mol. The Kier molecular flexibility index (Phi) is 8.42. The maximum Gasteiger partial charge on any atom is 0.435 e. The Morgan fingerprint density at radius 2 is 1.36 bits per heavy atom. The molecule has 0 aliphatic heterocycles. The van der Waals surface area contributed by atoms with Crippen molar-refractivity contribution in [2.24, 2.45) is 0 Å². The van der Waals surface area contributed by atoms with Crippen LogP contribution in [0.5, 0.6) is 0 Å². The standard InChI is InChI=1S/C24H11Br2F8N3O2/c25-15-8-13(22(28,23(29,30)31)24(32,33)34)9-16(26)19(15)37-21(39)14-5-2-6-17(18(14)27)36-20(38)12-4-1-3-11(7-12)10-35/h1-9H,(H,36,38)(H,37,39). The molecule has 0 unspecified atom stereocenters. The summed E-state index contributed by atoms with van der Waals surface area (Å²) < 4.78 is 107. The van der Waals surface area contributed by atoms with E-state index < -0.39 is 67.1 Å². The van der Waals surface area contributed by atoms with Crippen LogP contribution < -0.4 is 10.6 Å². The fraction of sp³-hybridized carbons (Fsp3) is 0.125. The van der Waals surface area contributed by atoms with Gasteiger partial charge in [-0.25, -0.2) is 8.78 Å². The molecular formula is C24H11Br2F8N3O2. The highest BCUT2D eigenvalue weighted by molar-refractivity contribution is 9.11. The van der Waals surface area contributed by atoms with Crippen molar-refractivity contribution in [2.45, 2.75) is 18.0 Å². The molecule has 0 aliphatic carbocycles. The van der Waals surface area contributed by atoms with Crippen molar-refractivity contribution in [1.29, 1.82) is 5.26 Å². The van der Waals surface area contributed by atoms with Crippen LogP contribution in [0, 0.1) is 17.1 Å². The largest absolute Gasteiger partial charge is 0.435 e. The normalized spacial score (nSPS) is 12.0. The molecule has 5 nitrogen and oxygen atoms in total. The molecule has 2 N–H and O–H groups in total. The first-order valence-corrected chi connectivity index (χ1v) is 11.8. The van der Waals surface area contributed by atoms with Crippen LogP contribution in [0.3, 0.4) is 0 Å². The molecule has 2 amide bonds. The lowest BCUT2D eigenvalue weighted by molar-refractivity contribution is -0.348. The SMILES string of the molecule is N#Cc1cccc(C(=O)Nc2cccc(C(=O)Nc3c(Br)cc(C(F)(C(F)(F)F)C(F)(F)F)cc3Br)c2F)c1. The minimum absolute atomic E-state index is 0.0120. The fourth-order valence-corrected chi connectivity index (χ4v) is 4.67. The first-order chi connectivity index (χ1) is 18.0. The van der Waals surface area contributed by atoms with Gasteiger partial charge in [0.15, 0.2) is 5.82 Å². The number of nitrogens with one attached hydrogen (secondary N) is 2. The van der Waals surface area contributed by atoms with E-state index in [1.807, 2.05) is 6.07 Å². The smallest absolute Gasteiger partial charge is 0.320 e. The van der Waals surface area contributed by atoms with E-state index in [9.17, 15) is 40.3 Å².